The zero-order chi connectivity index (χ0) is 42.1. The van der Waals surface area contributed by atoms with E-state index in [1.807, 2.05) is 68.4 Å². The van der Waals surface area contributed by atoms with Gasteiger partial charge in [-0.1, -0.05) is 78.7 Å². The van der Waals surface area contributed by atoms with Crippen LogP contribution in [0.25, 0.3) is 10.8 Å². The van der Waals surface area contributed by atoms with Gasteiger partial charge in [-0.25, -0.2) is 4.79 Å². The van der Waals surface area contributed by atoms with E-state index < -0.39 is 23.8 Å². The molecule has 11 heteroatoms. The number of benzene rings is 3. The number of oxime groups is 1. The Hall–Kier alpha value is -5.23. The van der Waals surface area contributed by atoms with E-state index in [0.29, 0.717) is 37.6 Å². The number of carbonyl (C=O) groups excluding carboxylic acids is 1. The lowest BCUT2D eigenvalue weighted by Crippen LogP contribution is -2.70. The summed E-state index contributed by atoms with van der Waals surface area (Å²) in [6.07, 6.45) is 8.50. The second-order valence-electron chi connectivity index (χ2n) is 16.0. The Labute approximate surface area is 353 Å². The maximum atomic E-state index is 14.4. The van der Waals surface area contributed by atoms with E-state index in [-0.39, 0.29) is 50.5 Å². The number of ether oxygens (including phenoxy) is 4. The van der Waals surface area contributed by atoms with Crippen molar-refractivity contribution in [2.24, 2.45) is 22.9 Å². The topological polar surface area (TPSA) is 132 Å². The molecule has 11 nitrogen and oxygen atoms in total. The monoisotopic (exact) mass is 817 g/mol. The Bertz CT molecular complexity index is 2170. The second kappa shape index (κ2) is 19.9. The van der Waals surface area contributed by atoms with Gasteiger partial charge in [0.25, 0.3) is 0 Å². The zero-order valence-corrected chi connectivity index (χ0v) is 35.1. The molecule has 0 unspecified atom stereocenters. The lowest BCUT2D eigenvalue weighted by molar-refractivity contribution is -0.256. The lowest BCUT2D eigenvalue weighted by atomic mass is 9.55. The van der Waals surface area contributed by atoms with E-state index in [1.54, 1.807) is 11.0 Å². The van der Waals surface area contributed by atoms with Crippen LogP contribution in [0, 0.1) is 24.7 Å². The molecule has 1 fully saturated rings. The van der Waals surface area contributed by atoms with Crippen LogP contribution in [0.2, 0.25) is 0 Å². The van der Waals surface area contributed by atoms with Crippen LogP contribution in [-0.2, 0) is 27.5 Å². The highest BCUT2D eigenvalue weighted by molar-refractivity contribution is 6.03. The number of aliphatic hydroxyl groups is 2. The summed E-state index contributed by atoms with van der Waals surface area (Å²) in [5.74, 6) is -0.553. The molecule has 2 N–H and O–H groups in total. The third-order valence-corrected chi connectivity index (χ3v) is 12.3. The summed E-state index contributed by atoms with van der Waals surface area (Å²) in [5.41, 5.74) is 5.38. The van der Waals surface area contributed by atoms with Crippen LogP contribution < -0.4 is 9.47 Å². The van der Waals surface area contributed by atoms with Crippen molar-refractivity contribution in [3.8, 4) is 11.5 Å². The number of nitrogens with zero attached hydrogens (tertiary/aromatic N) is 3. The summed E-state index contributed by atoms with van der Waals surface area (Å²) in [5, 5.41) is 26.7. The zero-order valence-electron chi connectivity index (χ0n) is 35.1. The molecular weight excluding hydrogens is 759 g/mol. The summed E-state index contributed by atoms with van der Waals surface area (Å²) >= 11 is 0. The third-order valence-electron chi connectivity index (χ3n) is 12.3. The van der Waals surface area contributed by atoms with E-state index in [0.717, 1.165) is 70.3 Å². The average Bonchev–Trinajstić information content (AvgIpc) is 3.27. The molecule has 1 amide bonds. The van der Waals surface area contributed by atoms with Crippen LogP contribution in [0.5, 0.6) is 11.5 Å². The summed E-state index contributed by atoms with van der Waals surface area (Å²) in [6, 6.07) is 25.4. The quantitative estimate of drug-likeness (QED) is 0.0541. The first kappa shape index (κ1) is 42.9. The number of allylic oxidation sites excluding steroid dienone is 1. The van der Waals surface area contributed by atoms with E-state index >= 15 is 0 Å². The largest absolute Gasteiger partial charge is 0.487 e. The van der Waals surface area contributed by atoms with Crippen LogP contribution in [0.3, 0.4) is 0 Å². The first-order chi connectivity index (χ1) is 29.3. The Balaban J connectivity index is 1.43. The molecule has 1 aromatic heterocycles. The van der Waals surface area contributed by atoms with Gasteiger partial charge in [0, 0.05) is 36.8 Å². The number of pyridine rings is 1. The number of aliphatic hydroxyl groups excluding tert-OH is 2. The predicted octanol–water partition coefficient (Wildman–Crippen LogP) is 9.04. The fourth-order valence-corrected chi connectivity index (χ4v) is 9.75. The number of amides is 1. The molecule has 3 aromatic carbocycles. The summed E-state index contributed by atoms with van der Waals surface area (Å²) in [4.78, 5) is 26.7. The van der Waals surface area contributed by atoms with Crippen molar-refractivity contribution in [1.82, 2.24) is 9.88 Å². The van der Waals surface area contributed by atoms with Crippen molar-refractivity contribution < 1.29 is 38.8 Å². The van der Waals surface area contributed by atoms with Crippen molar-refractivity contribution >= 4 is 22.6 Å². The molecule has 2 heterocycles. The smallest absolute Gasteiger partial charge is 0.410 e. The molecule has 0 saturated heterocycles. The summed E-state index contributed by atoms with van der Waals surface area (Å²) < 4.78 is 26.5. The van der Waals surface area contributed by atoms with Gasteiger partial charge >= 0.3 is 6.09 Å². The molecule has 3 aliphatic rings. The first-order valence-electron chi connectivity index (χ1n) is 21.4. The van der Waals surface area contributed by atoms with Gasteiger partial charge in [-0.15, -0.1) is 6.58 Å². The van der Waals surface area contributed by atoms with Crippen LogP contribution in [0.4, 0.5) is 4.79 Å². The molecule has 0 bridgehead atoms. The van der Waals surface area contributed by atoms with Crippen molar-refractivity contribution in [2.75, 3.05) is 33.5 Å². The minimum Gasteiger partial charge on any atom is -0.487 e. The average molecular weight is 818 g/mol. The van der Waals surface area contributed by atoms with Gasteiger partial charge in [0.15, 0.2) is 0 Å². The van der Waals surface area contributed by atoms with Crippen LogP contribution in [0.15, 0.2) is 108 Å². The SMILES string of the molecule is C=CCO[C@@]12Oc3ccc(OCc4cccc(C)n4)cc3[C@H]3[C@H](CCCCO)[C@@H](CCCCO)C=C(C(=NOCC)C[C@@H]1N(Cc1cccc4ccccc14)C(=O)OC)[C@H]32. The van der Waals surface area contributed by atoms with Crippen LogP contribution in [0.1, 0.15) is 80.3 Å². The number of aryl methyl sites for hydroxylation is 1. The molecule has 7 rings (SSSR count). The maximum absolute atomic E-state index is 14.4. The van der Waals surface area contributed by atoms with Gasteiger partial charge in [0.1, 0.15) is 30.8 Å². The second-order valence-corrected chi connectivity index (χ2v) is 16.0. The van der Waals surface area contributed by atoms with Gasteiger partial charge in [-0.2, -0.15) is 0 Å². The third kappa shape index (κ3) is 8.94. The fourth-order valence-electron chi connectivity index (χ4n) is 9.75. The highest BCUT2D eigenvalue weighted by atomic mass is 16.7. The van der Waals surface area contributed by atoms with Crippen molar-refractivity contribution in [1.29, 1.82) is 0 Å². The van der Waals surface area contributed by atoms with E-state index in [9.17, 15) is 15.0 Å². The minimum atomic E-state index is -1.42. The predicted molar refractivity (Wildman–Crippen MR) is 232 cm³/mol. The highest BCUT2D eigenvalue weighted by Gasteiger charge is 2.65. The van der Waals surface area contributed by atoms with Crippen molar-refractivity contribution in [3.63, 3.8) is 0 Å². The minimum absolute atomic E-state index is 0.0729. The van der Waals surface area contributed by atoms with Gasteiger partial charge in [0.2, 0.25) is 5.79 Å². The Morgan fingerprint density at radius 3 is 2.57 bits per heavy atom. The number of carbonyl (C=O) groups is 1. The fraction of sp³-hybridized carbons (Fsp3) is 0.449. The van der Waals surface area contributed by atoms with Crippen LogP contribution >= 0.6 is 0 Å². The van der Waals surface area contributed by atoms with Gasteiger partial charge in [0.05, 0.1) is 37.6 Å². The molecule has 318 valence electrons. The van der Waals surface area contributed by atoms with Gasteiger partial charge < -0.3 is 34.0 Å². The maximum Gasteiger partial charge on any atom is 0.410 e. The normalized spacial score (nSPS) is 23.5. The molecule has 2 aliphatic carbocycles. The summed E-state index contributed by atoms with van der Waals surface area (Å²) in [7, 11) is 1.40. The van der Waals surface area contributed by atoms with Crippen LogP contribution in [-0.4, -0.2) is 77.3 Å². The molecule has 1 aliphatic heterocycles. The molecule has 60 heavy (non-hydrogen) atoms. The number of aromatic nitrogens is 1. The highest BCUT2D eigenvalue weighted by Crippen LogP contribution is 2.62. The van der Waals surface area contributed by atoms with E-state index in [4.69, 9.17) is 28.9 Å². The number of unbranched alkanes of at least 4 members (excludes halogenated alkanes) is 2. The number of hydrogen-bond acceptors (Lipinski definition) is 10. The Morgan fingerprint density at radius 1 is 1.02 bits per heavy atom. The Kier molecular flexibility index (Phi) is 14.2. The number of fused-ring (bicyclic) bond motifs is 3. The van der Waals surface area contributed by atoms with Crippen molar-refractivity contribution in [3.05, 3.63) is 126 Å². The standard InChI is InChI=1S/C49H59N3O8/c1-5-27-58-49-45(52(48(55)56-4)31-36-19-14-18-34-16-7-8-21-39(34)36)30-43(51-59-6-2)41-28-35(17-9-11-25-53)40(22-10-12-26-54)46(47(41)49)42-29-38(23-24-44(42)60-49)57-32-37-20-13-15-33(3)50-37/h5,7-8,13-16,18-21,23-24,28-29,35,40,45-47,53-54H,1,6,9-12,17,22,25-27,30-32H2,2-4H3/t35-,40+,45-,46+,47+,49+/m0/s1. The van der Waals surface area contributed by atoms with Crippen molar-refractivity contribution in [2.45, 2.75) is 89.7 Å². The van der Waals surface area contributed by atoms with Gasteiger partial charge in [-0.3, -0.25) is 9.88 Å². The number of hydrogen-bond donors (Lipinski definition) is 2. The molecule has 1 saturated carbocycles. The molecule has 4 aromatic rings. The summed E-state index contributed by atoms with van der Waals surface area (Å²) in [6.45, 7) is 9.17. The van der Waals surface area contributed by atoms with Gasteiger partial charge in [-0.05, 0) is 104 Å². The van der Waals surface area contributed by atoms with E-state index in [2.05, 4.69) is 41.9 Å². The number of rotatable bonds is 19. The lowest BCUT2D eigenvalue weighted by Gasteiger charge is -2.59. The van der Waals surface area contributed by atoms with E-state index in [1.165, 1.54) is 7.11 Å². The molecular formula is C49H59N3O8. The molecule has 0 radical (unpaired) electrons. The number of methoxy groups -OCH3 is 1. The molecule has 0 spiro atoms. The first-order valence-corrected chi connectivity index (χ1v) is 21.4. The molecule has 6 atom stereocenters. The Morgan fingerprint density at radius 2 is 1.80 bits per heavy atom.